The molecule has 29 heavy (non-hydrogen) atoms. The average Bonchev–Trinajstić information content (AvgIpc) is 3.03. The standard InChI is InChI=1S/2C10H15.C4H14Si2.2ClH.Zr/c2*1-8-5-6-9(7-8)10(2,3)4;1-5-6(2,3)4;;;/h2*7H,6H2,1-4H3;5H2,1-4H3;2*1H;/q;;;;;+2/p-2. The van der Waals surface area contributed by atoms with Crippen LogP contribution in [-0.4, -0.2) is 16.6 Å². The van der Waals surface area contributed by atoms with E-state index in [2.05, 4.69) is 93.7 Å². The second-order valence-electron chi connectivity index (χ2n) is 11.6. The average molecular weight is 551 g/mol. The van der Waals surface area contributed by atoms with Crippen molar-refractivity contribution in [2.24, 2.45) is 10.8 Å². The molecule has 2 aliphatic rings. The van der Waals surface area contributed by atoms with E-state index in [0.717, 1.165) is 0 Å². The first kappa shape index (κ1) is 32.0. The van der Waals surface area contributed by atoms with Crippen molar-refractivity contribution >= 4 is 16.6 Å². The predicted molar refractivity (Wildman–Crippen MR) is 127 cm³/mol. The Hall–Kier alpha value is 0.857. The van der Waals surface area contributed by atoms with Crippen LogP contribution in [0.25, 0.3) is 0 Å². The molecule has 0 radical (unpaired) electrons. The molecule has 0 unspecified atom stereocenters. The van der Waals surface area contributed by atoms with Crippen LogP contribution in [0.3, 0.4) is 0 Å². The first-order valence-corrected chi connectivity index (χ1v) is 20.3. The second kappa shape index (κ2) is 12.2. The summed E-state index contributed by atoms with van der Waals surface area (Å²) in [5, 5.41) is 0. The van der Waals surface area contributed by atoms with Gasteiger partial charge in [0.25, 0.3) is 0 Å². The molecule has 0 aromatic rings. The van der Waals surface area contributed by atoms with Crippen molar-refractivity contribution in [3.63, 3.8) is 0 Å². The minimum Gasteiger partial charge on any atom is -1.00 e. The molecule has 2 aliphatic carbocycles. The van der Waals surface area contributed by atoms with Crippen LogP contribution >= 0.6 is 0 Å². The van der Waals surface area contributed by atoms with Crippen LogP contribution in [0.4, 0.5) is 0 Å². The molecule has 2 rings (SSSR count). The predicted octanol–water partition coefficient (Wildman–Crippen LogP) is 1.42. The Kier molecular flexibility index (Phi) is 13.5. The molecule has 0 spiro atoms. The summed E-state index contributed by atoms with van der Waals surface area (Å²) < 4.78 is 3.61. The Bertz CT molecular complexity index is 627. The monoisotopic (exact) mass is 548 g/mol. The summed E-state index contributed by atoms with van der Waals surface area (Å²) in [5.41, 5.74) is 7.09. The third-order valence-corrected chi connectivity index (χ3v) is 18.5. The van der Waals surface area contributed by atoms with Gasteiger partial charge in [-0.05, 0) is 0 Å². The molecule has 0 aromatic heterocycles. The zero-order valence-electron chi connectivity index (χ0n) is 21.0. The zero-order valence-corrected chi connectivity index (χ0v) is 27.4. The number of hydrogen-bond acceptors (Lipinski definition) is 0. The van der Waals surface area contributed by atoms with Crippen molar-refractivity contribution in [2.45, 2.75) is 94.4 Å². The smallest absolute Gasteiger partial charge is 0.0307 e. The third-order valence-electron chi connectivity index (χ3n) is 5.76. The van der Waals surface area contributed by atoms with Gasteiger partial charge in [0.05, 0.1) is 0 Å². The molecule has 5 heteroatoms. The van der Waals surface area contributed by atoms with Crippen LogP contribution in [0.5, 0.6) is 0 Å². The van der Waals surface area contributed by atoms with Crippen LogP contribution in [0.15, 0.2) is 41.0 Å². The van der Waals surface area contributed by atoms with Crippen molar-refractivity contribution in [1.82, 2.24) is 0 Å². The molecule has 0 aromatic carbocycles. The van der Waals surface area contributed by atoms with Gasteiger partial charge in [0.2, 0.25) is 0 Å². The largest absolute Gasteiger partial charge is 1.00 e. The van der Waals surface area contributed by atoms with Gasteiger partial charge < -0.3 is 24.8 Å². The van der Waals surface area contributed by atoms with E-state index >= 15 is 0 Å². The molecule has 0 saturated carbocycles. The van der Waals surface area contributed by atoms with Gasteiger partial charge in [-0.15, -0.1) is 0 Å². The Balaban J connectivity index is 0. The Labute approximate surface area is 209 Å². The fourth-order valence-electron chi connectivity index (χ4n) is 2.89. The molecule has 0 N–H and O–H groups in total. The topological polar surface area (TPSA) is 0 Å². The second-order valence-corrected chi connectivity index (χ2v) is 29.5. The van der Waals surface area contributed by atoms with Crippen molar-refractivity contribution in [2.75, 3.05) is 0 Å². The van der Waals surface area contributed by atoms with E-state index in [1.807, 2.05) is 0 Å². The molecule has 0 atom stereocenters. The molecule has 0 nitrogen and oxygen atoms in total. The normalized spacial score (nSPS) is 17.4. The fourth-order valence-corrected chi connectivity index (χ4v) is 6.48. The van der Waals surface area contributed by atoms with Gasteiger partial charge in [0, 0.05) is 16.6 Å². The summed E-state index contributed by atoms with van der Waals surface area (Å²) in [4.78, 5) is 0. The summed E-state index contributed by atoms with van der Waals surface area (Å²) in [6.45, 7) is 28.5. The summed E-state index contributed by atoms with van der Waals surface area (Å²) in [5.74, 6) is 0. The van der Waals surface area contributed by atoms with E-state index in [0.29, 0.717) is 19.9 Å². The molecule has 0 saturated heterocycles. The maximum atomic E-state index is 2.47. The molecular formula is C24H44Cl2Si2Zr. The first-order valence-electron chi connectivity index (χ1n) is 10.6. The van der Waals surface area contributed by atoms with Crippen molar-refractivity contribution < 1.29 is 48.0 Å². The molecule has 0 amide bonds. The number of halogens is 2. The summed E-state index contributed by atoms with van der Waals surface area (Å²) in [6, 6.07) is 0. The van der Waals surface area contributed by atoms with Gasteiger partial charge in [0.15, 0.2) is 0 Å². The molecule has 0 fully saturated rings. The van der Waals surface area contributed by atoms with Gasteiger partial charge in [-0.1, -0.05) is 26.2 Å². The van der Waals surface area contributed by atoms with Crippen molar-refractivity contribution in [3.05, 3.63) is 41.0 Å². The van der Waals surface area contributed by atoms with Crippen LogP contribution in [0.2, 0.25) is 26.2 Å². The Morgan fingerprint density at radius 1 is 0.759 bits per heavy atom. The zero-order chi connectivity index (χ0) is 21.2. The van der Waals surface area contributed by atoms with Gasteiger partial charge in [0.1, 0.15) is 0 Å². The SMILES string of the molecule is CC1=[C]([Zr+2][C]2=C(C)C=C(C(C)(C)C)C2)CC(C(C)(C)C)=C1.C[SiH2][Si](C)(C)C.[Cl-].[Cl-]. The van der Waals surface area contributed by atoms with E-state index in [1.165, 1.54) is 12.8 Å². The van der Waals surface area contributed by atoms with Crippen LogP contribution in [0, 0.1) is 10.8 Å². The number of allylic oxidation sites excluding steroid dienone is 8. The van der Waals surface area contributed by atoms with E-state index in [4.69, 9.17) is 0 Å². The van der Waals surface area contributed by atoms with Crippen LogP contribution in [-0.2, 0) is 23.2 Å². The molecular weight excluding hydrogens is 507 g/mol. The molecule has 0 bridgehead atoms. The minimum atomic E-state index is -0.574. The van der Waals surface area contributed by atoms with Crippen LogP contribution in [0.1, 0.15) is 68.2 Å². The minimum absolute atomic E-state index is 0. The maximum absolute atomic E-state index is 2.47. The van der Waals surface area contributed by atoms with Gasteiger partial charge >= 0.3 is 143 Å². The van der Waals surface area contributed by atoms with Gasteiger partial charge in [-0.25, -0.2) is 0 Å². The quantitative estimate of drug-likeness (QED) is 0.467. The van der Waals surface area contributed by atoms with Gasteiger partial charge in [-0.2, -0.15) is 0 Å². The summed E-state index contributed by atoms with van der Waals surface area (Å²) in [7, 11) is -0.101. The van der Waals surface area contributed by atoms with Crippen LogP contribution < -0.4 is 24.8 Å². The molecule has 166 valence electrons. The van der Waals surface area contributed by atoms with E-state index < -0.39 is 30.8 Å². The fraction of sp³-hybridized carbons (Fsp3) is 0.667. The maximum Gasteiger partial charge on any atom is 0.0307 e. The summed E-state index contributed by atoms with van der Waals surface area (Å²) in [6.07, 6.45) is 7.45. The van der Waals surface area contributed by atoms with E-state index in [9.17, 15) is 0 Å². The molecule has 0 aliphatic heterocycles. The van der Waals surface area contributed by atoms with Crippen molar-refractivity contribution in [3.8, 4) is 0 Å². The molecule has 0 heterocycles. The Morgan fingerprint density at radius 2 is 1.03 bits per heavy atom. The Morgan fingerprint density at radius 3 is 1.21 bits per heavy atom. The van der Waals surface area contributed by atoms with E-state index in [-0.39, 0.29) is 24.8 Å². The first-order chi connectivity index (χ1) is 12.0. The van der Waals surface area contributed by atoms with Gasteiger partial charge in [-0.3, -0.25) is 0 Å². The number of hydrogen-bond donors (Lipinski definition) is 0. The van der Waals surface area contributed by atoms with Crippen molar-refractivity contribution in [1.29, 1.82) is 0 Å². The third kappa shape index (κ3) is 10.8. The number of rotatable bonds is 3. The van der Waals surface area contributed by atoms with E-state index in [1.54, 1.807) is 28.9 Å². The summed E-state index contributed by atoms with van der Waals surface area (Å²) >= 11 is -0.574.